The second kappa shape index (κ2) is 11.1. The summed E-state index contributed by atoms with van der Waals surface area (Å²) in [6.07, 6.45) is 4.86. The first-order valence-electron chi connectivity index (χ1n) is 12.8. The standard InChI is InChI=1S/C28H37N3O4S/c1-5-34-24(32)12-17-36-23-11-10-21(19-29-23)31-15-13-28(14-16-31)18-20-8-6-7-9-22(20)25(28)30-26(33)35-27(2,3)4/h6-11,19,25H,5,12-18H2,1-4H3,(H,30,33)/t25-/m1/s1. The summed E-state index contributed by atoms with van der Waals surface area (Å²) in [6, 6.07) is 12.5. The first-order chi connectivity index (χ1) is 17.2. The molecular formula is C28H37N3O4S. The van der Waals surface area contributed by atoms with Crippen molar-refractivity contribution >= 4 is 29.5 Å². The molecule has 0 bridgehead atoms. The molecule has 0 radical (unpaired) electrons. The number of carbonyl (C=O) groups excluding carboxylic acids is 2. The third-order valence-corrected chi connectivity index (χ3v) is 7.83. The SMILES string of the molecule is CCOC(=O)CCSc1ccc(N2CCC3(CC2)Cc2ccccc2[C@H]3NC(=O)OC(C)(C)C)cn1. The quantitative estimate of drug-likeness (QED) is 0.386. The van der Waals surface area contributed by atoms with Crippen LogP contribution in [-0.2, 0) is 20.7 Å². The lowest BCUT2D eigenvalue weighted by atomic mass is 9.72. The van der Waals surface area contributed by atoms with Crippen molar-refractivity contribution in [2.45, 2.75) is 70.0 Å². The van der Waals surface area contributed by atoms with Crippen LogP contribution in [0.5, 0.6) is 0 Å². The Hall–Kier alpha value is -2.74. The lowest BCUT2D eigenvalue weighted by Gasteiger charge is -2.44. The monoisotopic (exact) mass is 511 g/mol. The number of fused-ring (bicyclic) bond motifs is 1. The fourth-order valence-electron chi connectivity index (χ4n) is 5.24. The summed E-state index contributed by atoms with van der Waals surface area (Å²) in [4.78, 5) is 31.2. The Bertz CT molecular complexity index is 1060. The van der Waals surface area contributed by atoms with Crippen molar-refractivity contribution in [1.29, 1.82) is 0 Å². The molecule has 1 aliphatic carbocycles. The van der Waals surface area contributed by atoms with E-state index in [2.05, 4.69) is 45.5 Å². The molecule has 1 aromatic heterocycles. The van der Waals surface area contributed by atoms with E-state index in [4.69, 9.17) is 9.47 Å². The Labute approximate surface area is 218 Å². The minimum Gasteiger partial charge on any atom is -0.466 e. The van der Waals surface area contributed by atoms with Crippen LogP contribution in [0.1, 0.15) is 64.1 Å². The van der Waals surface area contributed by atoms with Crippen molar-refractivity contribution in [3.05, 3.63) is 53.7 Å². The number of anilines is 1. The molecule has 1 saturated heterocycles. The molecule has 2 aliphatic rings. The minimum absolute atomic E-state index is 0.0204. The molecule has 2 aromatic rings. The predicted octanol–water partition coefficient (Wildman–Crippen LogP) is 5.54. The number of nitrogens with zero attached hydrogens (tertiary/aromatic N) is 2. The molecular weight excluding hydrogens is 474 g/mol. The Morgan fingerprint density at radius 2 is 1.92 bits per heavy atom. The molecule has 1 atom stereocenters. The van der Waals surface area contributed by atoms with Gasteiger partial charge in [-0.1, -0.05) is 24.3 Å². The maximum atomic E-state index is 12.7. The van der Waals surface area contributed by atoms with Gasteiger partial charge >= 0.3 is 12.1 Å². The zero-order chi connectivity index (χ0) is 25.8. The third kappa shape index (κ3) is 6.33. The van der Waals surface area contributed by atoms with Crippen LogP contribution in [0.25, 0.3) is 0 Å². The number of piperidine rings is 1. The van der Waals surface area contributed by atoms with E-state index in [1.165, 1.54) is 11.1 Å². The molecule has 36 heavy (non-hydrogen) atoms. The van der Waals surface area contributed by atoms with Gasteiger partial charge in [0, 0.05) is 24.3 Å². The molecule has 4 rings (SSSR count). The number of alkyl carbamates (subject to hydrolysis) is 1. The Balaban J connectivity index is 1.38. The lowest BCUT2D eigenvalue weighted by molar-refractivity contribution is -0.142. The summed E-state index contributed by atoms with van der Waals surface area (Å²) in [7, 11) is 0. The molecule has 1 spiro atoms. The van der Waals surface area contributed by atoms with Crippen molar-refractivity contribution in [3.63, 3.8) is 0 Å². The maximum absolute atomic E-state index is 12.7. The molecule has 8 heteroatoms. The highest BCUT2D eigenvalue weighted by molar-refractivity contribution is 7.99. The maximum Gasteiger partial charge on any atom is 0.408 e. The van der Waals surface area contributed by atoms with Crippen molar-refractivity contribution < 1.29 is 19.1 Å². The summed E-state index contributed by atoms with van der Waals surface area (Å²) in [5, 5.41) is 4.13. The van der Waals surface area contributed by atoms with E-state index in [0.29, 0.717) is 18.8 Å². The highest BCUT2D eigenvalue weighted by atomic mass is 32.2. The highest BCUT2D eigenvalue weighted by Crippen LogP contribution is 2.52. The van der Waals surface area contributed by atoms with Crippen molar-refractivity contribution in [2.24, 2.45) is 5.41 Å². The van der Waals surface area contributed by atoms with Crippen molar-refractivity contribution in [2.75, 3.05) is 30.3 Å². The number of pyridine rings is 1. The first-order valence-corrected chi connectivity index (χ1v) is 13.7. The van der Waals surface area contributed by atoms with Gasteiger partial charge in [0.25, 0.3) is 0 Å². The Kier molecular flexibility index (Phi) is 8.13. The van der Waals surface area contributed by atoms with Crippen LogP contribution in [0.15, 0.2) is 47.6 Å². The summed E-state index contributed by atoms with van der Waals surface area (Å²) < 4.78 is 10.6. The fraction of sp³-hybridized carbons (Fsp3) is 0.536. The molecule has 194 valence electrons. The number of esters is 1. The number of hydrogen-bond acceptors (Lipinski definition) is 7. The van der Waals surface area contributed by atoms with E-state index < -0.39 is 5.60 Å². The van der Waals surface area contributed by atoms with Gasteiger partial charge in [-0.05, 0) is 70.2 Å². The van der Waals surface area contributed by atoms with E-state index in [9.17, 15) is 9.59 Å². The predicted molar refractivity (Wildman–Crippen MR) is 142 cm³/mol. The van der Waals surface area contributed by atoms with E-state index >= 15 is 0 Å². The molecule has 1 N–H and O–H groups in total. The number of aromatic nitrogens is 1. The average molecular weight is 512 g/mol. The smallest absolute Gasteiger partial charge is 0.408 e. The fourth-order valence-corrected chi connectivity index (χ4v) is 6.01. The van der Waals surface area contributed by atoms with Gasteiger partial charge in [0.15, 0.2) is 0 Å². The molecule has 1 aromatic carbocycles. The second-order valence-corrected chi connectivity index (χ2v) is 11.7. The number of benzene rings is 1. The third-order valence-electron chi connectivity index (χ3n) is 6.89. The number of ether oxygens (including phenoxy) is 2. The number of amides is 1. The highest BCUT2D eigenvalue weighted by Gasteiger charge is 2.48. The van der Waals surface area contributed by atoms with Crippen LogP contribution in [0.3, 0.4) is 0 Å². The van der Waals surface area contributed by atoms with Crippen LogP contribution in [0, 0.1) is 5.41 Å². The minimum atomic E-state index is -0.533. The number of rotatable bonds is 7. The average Bonchev–Trinajstić information content (AvgIpc) is 3.11. The van der Waals surface area contributed by atoms with Gasteiger partial charge in [0.1, 0.15) is 5.60 Å². The summed E-state index contributed by atoms with van der Waals surface area (Å²) in [5.74, 6) is 0.488. The Morgan fingerprint density at radius 3 is 2.58 bits per heavy atom. The van der Waals surface area contributed by atoms with Gasteiger partial charge in [-0.15, -0.1) is 11.8 Å². The lowest BCUT2D eigenvalue weighted by Crippen LogP contribution is -2.47. The van der Waals surface area contributed by atoms with E-state index in [0.717, 1.165) is 43.1 Å². The number of nitrogens with one attached hydrogen (secondary N) is 1. The van der Waals surface area contributed by atoms with Gasteiger partial charge in [-0.3, -0.25) is 4.79 Å². The van der Waals surface area contributed by atoms with Crippen LogP contribution in [0.4, 0.5) is 10.5 Å². The topological polar surface area (TPSA) is 80.8 Å². The van der Waals surface area contributed by atoms with Crippen LogP contribution in [-0.4, -0.2) is 48.1 Å². The number of carbonyl (C=O) groups is 2. The van der Waals surface area contributed by atoms with Gasteiger partial charge in [-0.25, -0.2) is 9.78 Å². The second-order valence-electron chi connectivity index (χ2n) is 10.6. The van der Waals surface area contributed by atoms with Crippen LogP contribution >= 0.6 is 11.8 Å². The molecule has 7 nitrogen and oxygen atoms in total. The molecule has 0 unspecified atom stereocenters. The van der Waals surface area contributed by atoms with Crippen molar-refractivity contribution in [1.82, 2.24) is 10.3 Å². The zero-order valence-electron chi connectivity index (χ0n) is 21.7. The first kappa shape index (κ1) is 26.3. The zero-order valence-corrected chi connectivity index (χ0v) is 22.5. The van der Waals surface area contributed by atoms with E-state index in [1.807, 2.05) is 40.0 Å². The van der Waals surface area contributed by atoms with Gasteiger partial charge in [-0.2, -0.15) is 0 Å². The molecule has 1 amide bonds. The number of thioether (sulfide) groups is 1. The van der Waals surface area contributed by atoms with Crippen LogP contribution in [0.2, 0.25) is 0 Å². The van der Waals surface area contributed by atoms with E-state index in [1.54, 1.807) is 11.8 Å². The molecule has 1 fully saturated rings. The van der Waals surface area contributed by atoms with Crippen molar-refractivity contribution in [3.8, 4) is 0 Å². The van der Waals surface area contributed by atoms with Gasteiger partial charge in [0.05, 0.1) is 36.0 Å². The number of hydrogen-bond donors (Lipinski definition) is 1. The molecule has 2 heterocycles. The Morgan fingerprint density at radius 1 is 1.17 bits per heavy atom. The normalized spacial score (nSPS) is 18.6. The summed E-state index contributed by atoms with van der Waals surface area (Å²) in [5.41, 5.74) is 3.08. The van der Waals surface area contributed by atoms with Crippen LogP contribution < -0.4 is 10.2 Å². The largest absolute Gasteiger partial charge is 0.466 e. The van der Waals surface area contributed by atoms with E-state index in [-0.39, 0.29) is 23.5 Å². The molecule has 1 aliphatic heterocycles. The van der Waals surface area contributed by atoms with Gasteiger partial charge in [0.2, 0.25) is 0 Å². The summed E-state index contributed by atoms with van der Waals surface area (Å²) in [6.45, 7) is 9.70. The van der Waals surface area contributed by atoms with Gasteiger partial charge < -0.3 is 19.7 Å². The summed E-state index contributed by atoms with van der Waals surface area (Å²) >= 11 is 1.57. The molecule has 0 saturated carbocycles.